The number of thioether (sulfide) groups is 1. The summed E-state index contributed by atoms with van der Waals surface area (Å²) in [6, 6.07) is 0. The molecule has 0 atom stereocenters. The van der Waals surface area contributed by atoms with E-state index in [0.29, 0.717) is 0 Å². The van der Waals surface area contributed by atoms with Crippen molar-refractivity contribution >= 4 is 11.8 Å². The molecule has 1 aromatic heterocycles. The summed E-state index contributed by atoms with van der Waals surface area (Å²) in [6.45, 7) is 2.19. The van der Waals surface area contributed by atoms with Crippen LogP contribution in [0.15, 0.2) is 4.52 Å². The van der Waals surface area contributed by atoms with Gasteiger partial charge in [-0.25, -0.2) is 0 Å². The van der Waals surface area contributed by atoms with Gasteiger partial charge >= 0.3 is 0 Å². The Morgan fingerprint density at radius 1 is 1.32 bits per heavy atom. The van der Waals surface area contributed by atoms with Crippen LogP contribution in [0.4, 0.5) is 0 Å². The summed E-state index contributed by atoms with van der Waals surface area (Å²) >= 11 is 1.87. The SMILES string of the molecule is CCCSCc1noc(CC2(NC)CCCCC2)n1. The molecule has 1 fully saturated rings. The van der Waals surface area contributed by atoms with E-state index in [9.17, 15) is 0 Å². The monoisotopic (exact) mass is 283 g/mol. The Kier molecular flexibility index (Phi) is 5.70. The van der Waals surface area contributed by atoms with Gasteiger partial charge in [-0.05, 0) is 32.1 Å². The second-order valence-corrected chi connectivity index (χ2v) is 6.53. The smallest absolute Gasteiger partial charge is 0.228 e. The van der Waals surface area contributed by atoms with Crippen LogP contribution >= 0.6 is 11.8 Å². The van der Waals surface area contributed by atoms with Gasteiger partial charge in [0.1, 0.15) is 0 Å². The van der Waals surface area contributed by atoms with E-state index in [1.807, 2.05) is 11.8 Å². The van der Waals surface area contributed by atoms with Gasteiger partial charge in [-0.1, -0.05) is 31.3 Å². The highest BCUT2D eigenvalue weighted by Crippen LogP contribution is 2.30. The molecule has 108 valence electrons. The number of aromatic nitrogens is 2. The maximum Gasteiger partial charge on any atom is 0.228 e. The third kappa shape index (κ3) is 4.21. The van der Waals surface area contributed by atoms with Crippen molar-refractivity contribution in [3.05, 3.63) is 11.7 Å². The maximum absolute atomic E-state index is 5.41. The lowest BCUT2D eigenvalue weighted by Crippen LogP contribution is -2.46. The molecule has 0 spiro atoms. The van der Waals surface area contributed by atoms with Crippen LogP contribution in [-0.4, -0.2) is 28.5 Å². The van der Waals surface area contributed by atoms with Crippen molar-refractivity contribution in [3.8, 4) is 0 Å². The fourth-order valence-corrected chi connectivity index (χ4v) is 3.49. The highest BCUT2D eigenvalue weighted by atomic mass is 32.2. The summed E-state index contributed by atoms with van der Waals surface area (Å²) in [7, 11) is 2.06. The highest BCUT2D eigenvalue weighted by Gasteiger charge is 2.32. The zero-order chi connectivity index (χ0) is 13.6. The molecule has 1 N–H and O–H groups in total. The Hall–Kier alpha value is -0.550. The van der Waals surface area contributed by atoms with E-state index in [-0.39, 0.29) is 5.54 Å². The molecular weight excluding hydrogens is 258 g/mol. The Morgan fingerprint density at radius 3 is 2.79 bits per heavy atom. The molecule has 2 rings (SSSR count). The quantitative estimate of drug-likeness (QED) is 0.779. The summed E-state index contributed by atoms with van der Waals surface area (Å²) in [5, 5.41) is 7.58. The lowest BCUT2D eigenvalue weighted by molar-refractivity contribution is 0.221. The van der Waals surface area contributed by atoms with Crippen molar-refractivity contribution in [2.24, 2.45) is 0 Å². The van der Waals surface area contributed by atoms with Crippen LogP contribution < -0.4 is 5.32 Å². The van der Waals surface area contributed by atoms with Gasteiger partial charge in [0, 0.05) is 12.0 Å². The van der Waals surface area contributed by atoms with Gasteiger partial charge < -0.3 is 9.84 Å². The first-order valence-corrected chi connectivity index (χ1v) is 8.51. The molecule has 0 saturated heterocycles. The zero-order valence-electron chi connectivity index (χ0n) is 12.1. The fraction of sp³-hybridized carbons (Fsp3) is 0.857. The normalized spacial score (nSPS) is 18.6. The van der Waals surface area contributed by atoms with Crippen molar-refractivity contribution in [2.75, 3.05) is 12.8 Å². The molecular formula is C14H25N3OS. The van der Waals surface area contributed by atoms with Crippen molar-refractivity contribution in [1.82, 2.24) is 15.5 Å². The topological polar surface area (TPSA) is 51.0 Å². The van der Waals surface area contributed by atoms with Gasteiger partial charge in [-0.3, -0.25) is 0 Å². The molecule has 1 saturated carbocycles. The minimum atomic E-state index is 0.179. The molecule has 0 amide bonds. The van der Waals surface area contributed by atoms with Crippen molar-refractivity contribution in [1.29, 1.82) is 0 Å². The van der Waals surface area contributed by atoms with E-state index >= 15 is 0 Å². The summed E-state index contributed by atoms with van der Waals surface area (Å²) in [4.78, 5) is 4.53. The van der Waals surface area contributed by atoms with Gasteiger partial charge in [0.2, 0.25) is 5.89 Å². The molecule has 19 heavy (non-hydrogen) atoms. The number of hydrogen-bond acceptors (Lipinski definition) is 5. The van der Waals surface area contributed by atoms with Crippen LogP contribution in [0.25, 0.3) is 0 Å². The molecule has 1 aliphatic carbocycles. The molecule has 1 aromatic rings. The summed E-state index contributed by atoms with van der Waals surface area (Å²) < 4.78 is 5.41. The third-order valence-electron chi connectivity index (χ3n) is 3.92. The molecule has 1 aliphatic rings. The first-order chi connectivity index (χ1) is 9.28. The highest BCUT2D eigenvalue weighted by molar-refractivity contribution is 7.98. The largest absolute Gasteiger partial charge is 0.339 e. The van der Waals surface area contributed by atoms with Crippen LogP contribution in [0.5, 0.6) is 0 Å². The molecule has 0 radical (unpaired) electrons. The number of nitrogens with one attached hydrogen (secondary N) is 1. The van der Waals surface area contributed by atoms with Gasteiger partial charge in [0.15, 0.2) is 5.82 Å². The van der Waals surface area contributed by atoms with E-state index in [1.165, 1.54) is 38.5 Å². The van der Waals surface area contributed by atoms with Crippen LogP contribution in [0, 0.1) is 0 Å². The summed E-state index contributed by atoms with van der Waals surface area (Å²) in [6.07, 6.45) is 8.44. The Morgan fingerprint density at radius 2 is 2.11 bits per heavy atom. The Balaban J connectivity index is 1.90. The van der Waals surface area contributed by atoms with Gasteiger partial charge in [0.05, 0.1) is 5.75 Å². The number of hydrogen-bond donors (Lipinski definition) is 1. The second kappa shape index (κ2) is 7.29. The maximum atomic E-state index is 5.41. The van der Waals surface area contributed by atoms with Crippen LogP contribution in [-0.2, 0) is 12.2 Å². The van der Waals surface area contributed by atoms with E-state index < -0.39 is 0 Å². The van der Waals surface area contributed by atoms with E-state index in [0.717, 1.165) is 29.6 Å². The van der Waals surface area contributed by atoms with Crippen LogP contribution in [0.1, 0.15) is 57.2 Å². The van der Waals surface area contributed by atoms with E-state index in [1.54, 1.807) is 0 Å². The number of rotatable bonds is 7. The molecule has 4 nitrogen and oxygen atoms in total. The summed E-state index contributed by atoms with van der Waals surface area (Å²) in [5.74, 6) is 3.66. The minimum Gasteiger partial charge on any atom is -0.339 e. The summed E-state index contributed by atoms with van der Waals surface area (Å²) in [5.41, 5.74) is 0.179. The van der Waals surface area contributed by atoms with E-state index in [2.05, 4.69) is 29.4 Å². The van der Waals surface area contributed by atoms with Crippen LogP contribution in [0.2, 0.25) is 0 Å². The average Bonchev–Trinajstić information content (AvgIpc) is 2.87. The minimum absolute atomic E-state index is 0.179. The molecule has 5 heteroatoms. The molecule has 0 aliphatic heterocycles. The van der Waals surface area contributed by atoms with Gasteiger partial charge in [-0.2, -0.15) is 16.7 Å². The number of likely N-dealkylation sites (N-methyl/N-ethyl adjacent to an activating group) is 1. The Bertz CT molecular complexity index is 375. The average molecular weight is 283 g/mol. The predicted molar refractivity (Wildman–Crippen MR) is 79.3 cm³/mol. The predicted octanol–water partition coefficient (Wildman–Crippen LogP) is 3.18. The van der Waals surface area contributed by atoms with Crippen LogP contribution in [0.3, 0.4) is 0 Å². The van der Waals surface area contributed by atoms with Crippen molar-refractivity contribution in [2.45, 2.75) is 63.2 Å². The van der Waals surface area contributed by atoms with Crippen molar-refractivity contribution < 1.29 is 4.52 Å². The molecule has 1 heterocycles. The van der Waals surface area contributed by atoms with Gasteiger partial charge in [-0.15, -0.1) is 0 Å². The lowest BCUT2D eigenvalue weighted by atomic mass is 9.79. The molecule has 0 bridgehead atoms. The standard InChI is InChI=1S/C14H25N3OS/c1-3-9-19-11-12-16-13(18-17-12)10-14(15-2)7-5-4-6-8-14/h15H,3-11H2,1-2H3. The lowest BCUT2D eigenvalue weighted by Gasteiger charge is -2.36. The molecule has 0 aromatic carbocycles. The molecule has 0 unspecified atom stereocenters. The fourth-order valence-electron chi connectivity index (χ4n) is 2.76. The first-order valence-electron chi connectivity index (χ1n) is 7.36. The number of nitrogens with zero attached hydrogens (tertiary/aromatic N) is 2. The third-order valence-corrected chi connectivity index (χ3v) is 5.08. The van der Waals surface area contributed by atoms with Crippen molar-refractivity contribution in [3.63, 3.8) is 0 Å². The van der Waals surface area contributed by atoms with Gasteiger partial charge in [0.25, 0.3) is 0 Å². The Labute approximate surface area is 120 Å². The van der Waals surface area contributed by atoms with E-state index in [4.69, 9.17) is 4.52 Å². The zero-order valence-corrected chi connectivity index (χ0v) is 12.9. The second-order valence-electron chi connectivity index (χ2n) is 5.42. The first kappa shape index (κ1) is 14.9.